The molecule has 0 saturated heterocycles. The van der Waals surface area contributed by atoms with Crippen LogP contribution in [0.15, 0.2) is 6.07 Å². The number of methoxy groups -OCH3 is 1. The van der Waals surface area contributed by atoms with Crippen molar-refractivity contribution < 1.29 is 4.74 Å². The van der Waals surface area contributed by atoms with Crippen molar-refractivity contribution >= 4 is 11.5 Å². The Bertz CT molecular complexity index is 247. The molecule has 0 amide bonds. The van der Waals surface area contributed by atoms with Crippen molar-refractivity contribution in [3.05, 3.63) is 10.9 Å². The number of aromatic nitrogens is 1. The van der Waals surface area contributed by atoms with Gasteiger partial charge in [0.05, 0.1) is 7.11 Å². The van der Waals surface area contributed by atoms with Gasteiger partial charge in [-0.1, -0.05) is 13.8 Å². The molecule has 0 radical (unpaired) electrons. The van der Waals surface area contributed by atoms with E-state index < -0.39 is 0 Å². The largest absolute Gasteiger partial charge is 0.480 e. The molecule has 2 N–H and O–H groups in total. The zero-order valence-electron chi connectivity index (χ0n) is 7.57. The number of hydrogen-bond donors (Lipinski definition) is 1. The van der Waals surface area contributed by atoms with Crippen molar-refractivity contribution in [1.29, 1.82) is 0 Å². The molecule has 1 unspecified atom stereocenters. The van der Waals surface area contributed by atoms with Gasteiger partial charge in [-0.05, 0) is 17.5 Å². The third-order valence-corrected chi connectivity index (χ3v) is 2.63. The monoisotopic (exact) mass is 186 g/mol. The van der Waals surface area contributed by atoms with Crippen molar-refractivity contribution in [2.75, 3.05) is 7.11 Å². The standard InChI is InChI=1S/C8H14N2OS/c1-5(2)8(9)6-4-7(11-3)10-12-6/h4-5,8H,9H2,1-3H3. The average Bonchev–Trinajstić information content (AvgIpc) is 2.50. The van der Waals surface area contributed by atoms with E-state index in [4.69, 9.17) is 10.5 Å². The minimum atomic E-state index is 0.0754. The summed E-state index contributed by atoms with van der Waals surface area (Å²) in [5.41, 5.74) is 5.92. The highest BCUT2D eigenvalue weighted by Gasteiger charge is 2.13. The molecule has 68 valence electrons. The van der Waals surface area contributed by atoms with E-state index in [-0.39, 0.29) is 6.04 Å². The van der Waals surface area contributed by atoms with Gasteiger partial charge < -0.3 is 10.5 Å². The maximum absolute atomic E-state index is 5.92. The van der Waals surface area contributed by atoms with E-state index in [9.17, 15) is 0 Å². The molecule has 1 aromatic rings. The van der Waals surface area contributed by atoms with Crippen LogP contribution in [0.1, 0.15) is 24.8 Å². The van der Waals surface area contributed by atoms with Gasteiger partial charge >= 0.3 is 0 Å². The van der Waals surface area contributed by atoms with Crippen LogP contribution in [0.25, 0.3) is 0 Å². The molecule has 0 aliphatic carbocycles. The third-order valence-electron chi connectivity index (χ3n) is 1.76. The van der Waals surface area contributed by atoms with Crippen molar-refractivity contribution in [3.63, 3.8) is 0 Å². The predicted molar refractivity (Wildman–Crippen MR) is 50.4 cm³/mol. The lowest BCUT2D eigenvalue weighted by Crippen LogP contribution is -2.14. The molecule has 1 atom stereocenters. The molecule has 1 heterocycles. The molecule has 0 aliphatic heterocycles. The third kappa shape index (κ3) is 1.95. The number of nitrogens with zero attached hydrogens (tertiary/aromatic N) is 1. The average molecular weight is 186 g/mol. The van der Waals surface area contributed by atoms with Crippen LogP contribution in [0.2, 0.25) is 0 Å². The van der Waals surface area contributed by atoms with Crippen LogP contribution in [0, 0.1) is 5.92 Å². The van der Waals surface area contributed by atoms with E-state index in [1.54, 1.807) is 7.11 Å². The van der Waals surface area contributed by atoms with Gasteiger partial charge in [0.15, 0.2) is 0 Å². The van der Waals surface area contributed by atoms with Crippen LogP contribution in [-0.2, 0) is 0 Å². The first-order chi connectivity index (χ1) is 5.65. The molecule has 4 heteroatoms. The summed E-state index contributed by atoms with van der Waals surface area (Å²) in [6.07, 6.45) is 0. The number of hydrogen-bond acceptors (Lipinski definition) is 4. The molecule has 1 rings (SSSR count). The van der Waals surface area contributed by atoms with Crippen LogP contribution in [0.4, 0.5) is 0 Å². The van der Waals surface area contributed by atoms with Gasteiger partial charge in [0.25, 0.3) is 0 Å². The van der Waals surface area contributed by atoms with Crippen molar-refractivity contribution in [2.45, 2.75) is 19.9 Å². The second-order valence-corrected chi connectivity index (χ2v) is 3.88. The van der Waals surface area contributed by atoms with Crippen molar-refractivity contribution in [3.8, 4) is 5.88 Å². The van der Waals surface area contributed by atoms with E-state index in [0.717, 1.165) is 4.88 Å². The summed E-state index contributed by atoms with van der Waals surface area (Å²) in [7, 11) is 1.61. The zero-order valence-corrected chi connectivity index (χ0v) is 8.39. The number of ether oxygens (including phenoxy) is 1. The van der Waals surface area contributed by atoms with Crippen LogP contribution >= 0.6 is 11.5 Å². The Balaban J connectivity index is 2.74. The highest BCUT2D eigenvalue weighted by atomic mass is 32.1. The predicted octanol–water partition coefficient (Wildman–Crippen LogP) is 1.81. The highest BCUT2D eigenvalue weighted by Crippen LogP contribution is 2.25. The van der Waals surface area contributed by atoms with E-state index in [2.05, 4.69) is 18.2 Å². The Labute approximate surface area is 76.7 Å². The normalized spacial score (nSPS) is 13.4. The molecule has 0 aromatic carbocycles. The Morgan fingerprint density at radius 1 is 1.58 bits per heavy atom. The van der Waals surface area contributed by atoms with E-state index >= 15 is 0 Å². The first kappa shape index (κ1) is 9.48. The van der Waals surface area contributed by atoms with Crippen LogP contribution in [0.5, 0.6) is 5.88 Å². The van der Waals surface area contributed by atoms with Gasteiger partial charge in [0.2, 0.25) is 5.88 Å². The Hall–Kier alpha value is -0.610. The van der Waals surface area contributed by atoms with Crippen molar-refractivity contribution in [1.82, 2.24) is 4.37 Å². The zero-order chi connectivity index (χ0) is 9.14. The van der Waals surface area contributed by atoms with Gasteiger partial charge in [-0.3, -0.25) is 0 Å². The molecular weight excluding hydrogens is 172 g/mol. The minimum Gasteiger partial charge on any atom is -0.480 e. The fraction of sp³-hybridized carbons (Fsp3) is 0.625. The van der Waals surface area contributed by atoms with E-state index in [1.165, 1.54) is 11.5 Å². The number of nitrogens with two attached hydrogens (primary N) is 1. The fourth-order valence-electron chi connectivity index (χ4n) is 0.854. The lowest BCUT2D eigenvalue weighted by molar-refractivity contribution is 0.401. The van der Waals surface area contributed by atoms with Crippen LogP contribution in [-0.4, -0.2) is 11.5 Å². The summed E-state index contributed by atoms with van der Waals surface area (Å²) in [6.45, 7) is 4.19. The maximum atomic E-state index is 5.92. The Morgan fingerprint density at radius 2 is 2.25 bits per heavy atom. The molecular formula is C8H14N2OS. The first-order valence-corrected chi connectivity index (χ1v) is 4.68. The Kier molecular flexibility index (Phi) is 3.05. The van der Waals surface area contributed by atoms with Crippen molar-refractivity contribution in [2.24, 2.45) is 11.7 Å². The smallest absolute Gasteiger partial charge is 0.225 e. The summed E-state index contributed by atoms with van der Waals surface area (Å²) >= 11 is 1.41. The second-order valence-electron chi connectivity index (χ2n) is 3.04. The van der Waals surface area contributed by atoms with Crippen LogP contribution < -0.4 is 10.5 Å². The lowest BCUT2D eigenvalue weighted by Gasteiger charge is -2.11. The fourth-order valence-corrected chi connectivity index (χ4v) is 1.72. The first-order valence-electron chi connectivity index (χ1n) is 3.91. The summed E-state index contributed by atoms with van der Waals surface area (Å²) in [4.78, 5) is 1.09. The van der Waals surface area contributed by atoms with E-state index in [0.29, 0.717) is 11.8 Å². The summed E-state index contributed by atoms with van der Waals surface area (Å²) in [5.74, 6) is 1.10. The van der Waals surface area contributed by atoms with E-state index in [1.807, 2.05) is 6.07 Å². The minimum absolute atomic E-state index is 0.0754. The lowest BCUT2D eigenvalue weighted by atomic mass is 10.0. The van der Waals surface area contributed by atoms with Gasteiger partial charge in [-0.2, -0.15) is 4.37 Å². The van der Waals surface area contributed by atoms with Gasteiger partial charge in [-0.15, -0.1) is 0 Å². The summed E-state index contributed by atoms with van der Waals surface area (Å²) in [6, 6.07) is 1.97. The maximum Gasteiger partial charge on any atom is 0.225 e. The van der Waals surface area contributed by atoms with Gasteiger partial charge in [-0.25, -0.2) is 0 Å². The van der Waals surface area contributed by atoms with Crippen LogP contribution in [0.3, 0.4) is 0 Å². The Morgan fingerprint density at radius 3 is 2.67 bits per heavy atom. The second kappa shape index (κ2) is 3.87. The molecule has 0 saturated carbocycles. The molecule has 3 nitrogen and oxygen atoms in total. The number of rotatable bonds is 3. The molecule has 0 fully saturated rings. The van der Waals surface area contributed by atoms with Gasteiger partial charge in [0, 0.05) is 17.0 Å². The molecule has 0 spiro atoms. The summed E-state index contributed by atoms with van der Waals surface area (Å²) in [5, 5.41) is 0. The van der Waals surface area contributed by atoms with Gasteiger partial charge in [0.1, 0.15) is 0 Å². The summed E-state index contributed by atoms with van der Waals surface area (Å²) < 4.78 is 9.05. The molecule has 0 bridgehead atoms. The molecule has 12 heavy (non-hydrogen) atoms. The quantitative estimate of drug-likeness (QED) is 0.783. The highest BCUT2D eigenvalue weighted by molar-refractivity contribution is 7.06. The molecule has 1 aromatic heterocycles. The SMILES string of the molecule is COc1cc(C(N)C(C)C)sn1. The topological polar surface area (TPSA) is 48.1 Å². The molecule has 0 aliphatic rings.